The molecule has 86 valence electrons. The molecule has 1 unspecified atom stereocenters. The first-order valence-corrected chi connectivity index (χ1v) is 4.82. The van der Waals surface area contributed by atoms with E-state index in [-0.39, 0.29) is 18.3 Å². The monoisotopic (exact) mass is 224 g/mol. The van der Waals surface area contributed by atoms with Crippen molar-refractivity contribution in [3.8, 4) is 5.75 Å². The van der Waals surface area contributed by atoms with Crippen LogP contribution in [0.15, 0.2) is 30.9 Å². The average Bonchev–Trinajstić information content (AvgIpc) is 2.21. The summed E-state index contributed by atoms with van der Waals surface area (Å²) in [7, 11) is 0. The van der Waals surface area contributed by atoms with Crippen molar-refractivity contribution in [1.82, 2.24) is 0 Å². The van der Waals surface area contributed by atoms with Gasteiger partial charge < -0.3 is 9.84 Å². The molecule has 0 fully saturated rings. The van der Waals surface area contributed by atoms with E-state index in [0.717, 1.165) is 0 Å². The second kappa shape index (κ2) is 5.30. The first-order chi connectivity index (χ1) is 7.52. The Balaban J connectivity index is 2.97. The van der Waals surface area contributed by atoms with E-state index in [2.05, 4.69) is 6.58 Å². The van der Waals surface area contributed by atoms with Gasteiger partial charge in [0.2, 0.25) is 0 Å². The van der Waals surface area contributed by atoms with Crippen molar-refractivity contribution in [3.63, 3.8) is 0 Å². The lowest BCUT2D eigenvalue weighted by Gasteiger charge is -2.13. The molecule has 0 aromatic heterocycles. The summed E-state index contributed by atoms with van der Waals surface area (Å²) in [5, 5.41) is 8.68. The van der Waals surface area contributed by atoms with Gasteiger partial charge in [0.15, 0.2) is 0 Å². The van der Waals surface area contributed by atoms with Gasteiger partial charge in [-0.1, -0.05) is 18.7 Å². The summed E-state index contributed by atoms with van der Waals surface area (Å²) in [6.45, 7) is 5.27. The van der Waals surface area contributed by atoms with E-state index < -0.39 is 11.8 Å². The molecule has 0 spiro atoms. The lowest BCUT2D eigenvalue weighted by Crippen LogP contribution is -2.11. The van der Waals surface area contributed by atoms with Crippen LogP contribution in [-0.4, -0.2) is 17.2 Å². The maximum absolute atomic E-state index is 13.0. The van der Waals surface area contributed by atoms with Gasteiger partial charge in [-0.2, -0.15) is 0 Å². The number of rotatable bonds is 5. The van der Waals surface area contributed by atoms with Gasteiger partial charge in [-0.25, -0.2) is 4.39 Å². The van der Waals surface area contributed by atoms with Crippen LogP contribution in [0.1, 0.15) is 12.5 Å². The molecule has 0 saturated carbocycles. The van der Waals surface area contributed by atoms with E-state index in [1.54, 1.807) is 13.0 Å². The minimum atomic E-state index is -0.984. The van der Waals surface area contributed by atoms with E-state index in [0.29, 0.717) is 5.56 Å². The zero-order valence-electron chi connectivity index (χ0n) is 8.94. The van der Waals surface area contributed by atoms with Crippen molar-refractivity contribution in [1.29, 1.82) is 0 Å². The highest BCUT2D eigenvalue weighted by Gasteiger charge is 2.10. The molecule has 0 amide bonds. The molecule has 1 atom stereocenters. The number of hydrogen-bond donors (Lipinski definition) is 1. The molecule has 1 N–H and O–H groups in total. The zero-order chi connectivity index (χ0) is 12.1. The van der Waals surface area contributed by atoms with Gasteiger partial charge in [0.05, 0.1) is 6.42 Å². The van der Waals surface area contributed by atoms with Gasteiger partial charge in [-0.15, -0.1) is 0 Å². The average molecular weight is 224 g/mol. The largest absolute Gasteiger partial charge is 0.486 e. The van der Waals surface area contributed by atoms with Crippen LogP contribution in [0.2, 0.25) is 0 Å². The number of ether oxygens (including phenoxy) is 1. The third-order valence-electron chi connectivity index (χ3n) is 2.02. The van der Waals surface area contributed by atoms with Crippen molar-refractivity contribution < 1.29 is 19.0 Å². The number of carbonyl (C=O) groups is 1. The molecule has 0 radical (unpaired) electrons. The van der Waals surface area contributed by atoms with Gasteiger partial charge in [-0.05, 0) is 13.0 Å². The quantitative estimate of drug-likeness (QED) is 0.781. The standard InChI is InChI=1S/C12H13FO3/c1-3-8(2)16-11-7-10(13)5-4-9(11)6-12(14)15/h3-5,7-8H,1,6H2,2H3,(H,14,15). The highest BCUT2D eigenvalue weighted by Crippen LogP contribution is 2.22. The first-order valence-electron chi connectivity index (χ1n) is 4.82. The molecule has 1 aromatic carbocycles. The minimum absolute atomic E-state index is 0.195. The lowest BCUT2D eigenvalue weighted by molar-refractivity contribution is -0.136. The SMILES string of the molecule is C=CC(C)Oc1cc(F)ccc1CC(=O)O. The van der Waals surface area contributed by atoms with E-state index in [9.17, 15) is 9.18 Å². The Hall–Kier alpha value is -1.84. The summed E-state index contributed by atoms with van der Waals surface area (Å²) >= 11 is 0. The molecule has 16 heavy (non-hydrogen) atoms. The smallest absolute Gasteiger partial charge is 0.307 e. The second-order valence-electron chi connectivity index (χ2n) is 3.38. The van der Waals surface area contributed by atoms with Crippen LogP contribution in [0.4, 0.5) is 4.39 Å². The second-order valence-corrected chi connectivity index (χ2v) is 3.38. The van der Waals surface area contributed by atoms with Gasteiger partial charge in [-0.3, -0.25) is 4.79 Å². The number of halogens is 1. The van der Waals surface area contributed by atoms with E-state index >= 15 is 0 Å². The summed E-state index contributed by atoms with van der Waals surface area (Å²) in [4.78, 5) is 10.6. The Bertz CT molecular complexity index is 401. The predicted molar refractivity (Wildman–Crippen MR) is 58.0 cm³/mol. The predicted octanol–water partition coefficient (Wildman–Crippen LogP) is 2.41. The molecule has 1 rings (SSSR count). The topological polar surface area (TPSA) is 46.5 Å². The van der Waals surface area contributed by atoms with Crippen LogP contribution < -0.4 is 4.74 Å². The van der Waals surface area contributed by atoms with Gasteiger partial charge in [0.1, 0.15) is 17.7 Å². The lowest BCUT2D eigenvalue weighted by atomic mass is 10.1. The fourth-order valence-corrected chi connectivity index (χ4v) is 1.20. The summed E-state index contributed by atoms with van der Waals surface area (Å²) < 4.78 is 18.3. The van der Waals surface area contributed by atoms with Gasteiger partial charge >= 0.3 is 5.97 Å². The molecule has 0 aliphatic heterocycles. The fourth-order valence-electron chi connectivity index (χ4n) is 1.20. The highest BCUT2D eigenvalue weighted by atomic mass is 19.1. The van der Waals surface area contributed by atoms with E-state index in [1.165, 1.54) is 18.2 Å². The van der Waals surface area contributed by atoms with E-state index in [1.807, 2.05) is 0 Å². The van der Waals surface area contributed by atoms with Crippen LogP contribution in [-0.2, 0) is 11.2 Å². The number of carboxylic acid groups (broad SMARTS) is 1. The van der Waals surface area contributed by atoms with Crippen molar-refractivity contribution in [3.05, 3.63) is 42.2 Å². The molecule has 0 bridgehead atoms. The number of carboxylic acids is 1. The molecule has 1 aromatic rings. The molecule has 0 saturated heterocycles. The van der Waals surface area contributed by atoms with Crippen LogP contribution in [0.5, 0.6) is 5.75 Å². The van der Waals surface area contributed by atoms with Crippen molar-refractivity contribution >= 4 is 5.97 Å². The summed E-state index contributed by atoms with van der Waals surface area (Å²) in [5.41, 5.74) is 0.447. The number of benzene rings is 1. The third kappa shape index (κ3) is 3.38. The summed E-state index contributed by atoms with van der Waals surface area (Å²) in [5.74, 6) is -1.20. The zero-order valence-corrected chi connectivity index (χ0v) is 8.94. The molecule has 0 aliphatic carbocycles. The molecule has 4 heteroatoms. The van der Waals surface area contributed by atoms with Crippen molar-refractivity contribution in [2.75, 3.05) is 0 Å². The number of aliphatic carboxylic acids is 1. The Morgan fingerprint density at radius 1 is 1.69 bits per heavy atom. The van der Waals surface area contributed by atoms with Crippen molar-refractivity contribution in [2.45, 2.75) is 19.4 Å². The van der Waals surface area contributed by atoms with E-state index in [4.69, 9.17) is 9.84 Å². The third-order valence-corrected chi connectivity index (χ3v) is 2.02. The van der Waals surface area contributed by atoms with Crippen molar-refractivity contribution in [2.24, 2.45) is 0 Å². The molecule has 3 nitrogen and oxygen atoms in total. The van der Waals surface area contributed by atoms with Gasteiger partial charge in [0.25, 0.3) is 0 Å². The highest BCUT2D eigenvalue weighted by molar-refractivity contribution is 5.71. The summed E-state index contributed by atoms with van der Waals surface area (Å²) in [6.07, 6.45) is 1.06. The summed E-state index contributed by atoms with van der Waals surface area (Å²) in [6, 6.07) is 3.80. The maximum Gasteiger partial charge on any atom is 0.307 e. The number of hydrogen-bond acceptors (Lipinski definition) is 2. The molecule has 0 aliphatic rings. The molecule has 0 heterocycles. The molecular formula is C12H13FO3. The normalized spacial score (nSPS) is 11.9. The van der Waals surface area contributed by atoms with Gasteiger partial charge in [0, 0.05) is 11.6 Å². The Labute approximate surface area is 93.2 Å². The fraction of sp³-hybridized carbons (Fsp3) is 0.250. The Morgan fingerprint density at radius 2 is 2.38 bits per heavy atom. The van der Waals surface area contributed by atoms with Crippen LogP contribution >= 0.6 is 0 Å². The Morgan fingerprint density at radius 3 is 2.94 bits per heavy atom. The first kappa shape index (κ1) is 12.2. The molecular weight excluding hydrogens is 211 g/mol. The minimum Gasteiger partial charge on any atom is -0.486 e. The van der Waals surface area contributed by atoms with Crippen LogP contribution in [0, 0.1) is 5.82 Å². The van der Waals surface area contributed by atoms with Crippen LogP contribution in [0.3, 0.4) is 0 Å². The Kier molecular flexibility index (Phi) is 4.05. The maximum atomic E-state index is 13.0. The van der Waals surface area contributed by atoms with Crippen LogP contribution in [0.25, 0.3) is 0 Å².